The lowest BCUT2D eigenvalue weighted by molar-refractivity contribution is 1.15. The molecule has 1 rings (SSSR count). The summed E-state index contributed by atoms with van der Waals surface area (Å²) in [4.78, 5) is 7.70. The summed E-state index contributed by atoms with van der Waals surface area (Å²) in [5, 5.41) is 2.78. The van der Waals surface area contributed by atoms with Crippen LogP contribution in [0.15, 0.2) is 12.4 Å². The number of nitrogens with two attached hydrogens (primary N) is 1. The van der Waals surface area contributed by atoms with E-state index in [9.17, 15) is 0 Å². The van der Waals surface area contributed by atoms with Gasteiger partial charge in [0, 0.05) is 7.05 Å². The van der Waals surface area contributed by atoms with Crippen molar-refractivity contribution in [1.29, 1.82) is 0 Å². The average molecular weight is 154 g/mol. The molecule has 11 heavy (non-hydrogen) atoms. The summed E-state index contributed by atoms with van der Waals surface area (Å²) in [6.45, 7) is 4.00. The molecule has 0 fully saturated rings. The fourth-order valence-corrected chi connectivity index (χ4v) is 0.467. The highest BCUT2D eigenvalue weighted by molar-refractivity contribution is 5.35. The molecule has 4 heteroatoms. The van der Waals surface area contributed by atoms with Gasteiger partial charge < -0.3 is 11.1 Å². The Morgan fingerprint density at radius 1 is 1.27 bits per heavy atom. The molecule has 1 aromatic rings. The molecule has 0 amide bonds. The highest BCUT2D eigenvalue weighted by Gasteiger charge is 1.87. The average Bonchev–Trinajstić information content (AvgIpc) is 2.10. The van der Waals surface area contributed by atoms with Crippen LogP contribution in [0.2, 0.25) is 0 Å². The zero-order valence-corrected chi connectivity index (χ0v) is 7.13. The summed E-state index contributed by atoms with van der Waals surface area (Å²) in [6, 6.07) is 0. The predicted octanol–water partition coefficient (Wildman–Crippen LogP) is 1.13. The van der Waals surface area contributed by atoms with Gasteiger partial charge in [-0.2, -0.15) is 0 Å². The van der Waals surface area contributed by atoms with Crippen molar-refractivity contribution < 1.29 is 0 Å². The molecule has 4 nitrogen and oxygen atoms in total. The minimum atomic E-state index is 0.578. The number of nitrogen functional groups attached to an aromatic ring is 1. The van der Waals surface area contributed by atoms with E-state index in [1.165, 1.54) is 0 Å². The summed E-state index contributed by atoms with van der Waals surface area (Å²) in [5.41, 5.74) is 5.91. The molecule has 0 saturated heterocycles. The van der Waals surface area contributed by atoms with Crippen molar-refractivity contribution in [2.24, 2.45) is 0 Å². The third kappa shape index (κ3) is 3.40. The normalized spacial score (nSPS) is 7.91. The van der Waals surface area contributed by atoms with Crippen LogP contribution >= 0.6 is 0 Å². The number of nitrogens with one attached hydrogen (secondary N) is 1. The number of aromatic nitrogens is 2. The van der Waals surface area contributed by atoms with Gasteiger partial charge in [-0.1, -0.05) is 13.8 Å². The number of nitrogens with zero attached hydrogens (tertiary/aromatic N) is 2. The molecule has 0 saturated carbocycles. The van der Waals surface area contributed by atoms with Crippen LogP contribution in [0.25, 0.3) is 0 Å². The Morgan fingerprint density at radius 2 is 1.73 bits per heavy atom. The maximum atomic E-state index is 5.33. The van der Waals surface area contributed by atoms with Crippen molar-refractivity contribution in [3.63, 3.8) is 0 Å². The molecular weight excluding hydrogens is 140 g/mol. The van der Waals surface area contributed by atoms with Gasteiger partial charge in [-0.05, 0) is 0 Å². The predicted molar refractivity (Wildman–Crippen MR) is 47.3 cm³/mol. The molecule has 3 N–H and O–H groups in total. The molecule has 0 spiro atoms. The molecule has 0 aliphatic heterocycles. The number of rotatable bonds is 1. The smallest absolute Gasteiger partial charge is 0.222 e. The van der Waals surface area contributed by atoms with Crippen molar-refractivity contribution in [2.75, 3.05) is 18.1 Å². The van der Waals surface area contributed by atoms with Gasteiger partial charge in [0.15, 0.2) is 0 Å². The standard InChI is InChI=1S/C5H8N4.C2H6/c1-7-5-8-2-4(6)3-9-5;1-2/h2-3H,6H2,1H3,(H,7,8,9);1-2H3. The Labute approximate surface area is 66.9 Å². The number of hydrogen-bond acceptors (Lipinski definition) is 4. The summed E-state index contributed by atoms with van der Waals surface area (Å²) in [7, 11) is 1.76. The first kappa shape index (κ1) is 9.68. The van der Waals surface area contributed by atoms with Crippen molar-refractivity contribution in [1.82, 2.24) is 9.97 Å². The van der Waals surface area contributed by atoms with Gasteiger partial charge in [-0.25, -0.2) is 9.97 Å². The van der Waals surface area contributed by atoms with Crippen LogP contribution in [0, 0.1) is 0 Å². The SMILES string of the molecule is CC.CNc1ncc(N)cn1. The first-order chi connectivity index (χ1) is 5.33. The van der Waals surface area contributed by atoms with Gasteiger partial charge in [0.2, 0.25) is 5.95 Å². The quantitative estimate of drug-likeness (QED) is 0.636. The summed E-state index contributed by atoms with van der Waals surface area (Å²) < 4.78 is 0. The zero-order chi connectivity index (χ0) is 8.69. The topological polar surface area (TPSA) is 63.8 Å². The molecule has 1 heterocycles. The van der Waals surface area contributed by atoms with Crippen molar-refractivity contribution >= 4 is 11.6 Å². The Kier molecular flexibility index (Phi) is 4.81. The lowest BCUT2D eigenvalue weighted by atomic mass is 10.6. The van der Waals surface area contributed by atoms with Crippen LogP contribution < -0.4 is 11.1 Å². The lowest BCUT2D eigenvalue weighted by Gasteiger charge is -1.94. The van der Waals surface area contributed by atoms with E-state index in [1.54, 1.807) is 19.4 Å². The molecule has 0 atom stereocenters. The van der Waals surface area contributed by atoms with Crippen LogP contribution in [-0.2, 0) is 0 Å². The van der Waals surface area contributed by atoms with Crippen LogP contribution in [0.1, 0.15) is 13.8 Å². The fourth-order valence-electron chi connectivity index (χ4n) is 0.467. The highest BCUT2D eigenvalue weighted by atomic mass is 15.1. The molecule has 0 radical (unpaired) electrons. The lowest BCUT2D eigenvalue weighted by Crippen LogP contribution is -1.96. The summed E-state index contributed by atoms with van der Waals surface area (Å²) >= 11 is 0. The van der Waals surface area contributed by atoms with Crippen LogP contribution in [0.4, 0.5) is 11.6 Å². The molecule has 1 aromatic heterocycles. The maximum absolute atomic E-state index is 5.33. The minimum Gasteiger partial charge on any atom is -0.396 e. The molecule has 0 bridgehead atoms. The van der Waals surface area contributed by atoms with Crippen LogP contribution in [0.3, 0.4) is 0 Å². The first-order valence-electron chi connectivity index (χ1n) is 3.58. The number of hydrogen-bond donors (Lipinski definition) is 2. The second-order valence-corrected chi connectivity index (χ2v) is 1.59. The van der Waals surface area contributed by atoms with Gasteiger partial charge in [-0.15, -0.1) is 0 Å². The monoisotopic (exact) mass is 154 g/mol. The van der Waals surface area contributed by atoms with Crippen molar-refractivity contribution in [2.45, 2.75) is 13.8 Å². The van der Waals surface area contributed by atoms with Crippen molar-refractivity contribution in [3.05, 3.63) is 12.4 Å². The Balaban J connectivity index is 0.000000461. The van der Waals surface area contributed by atoms with Crippen molar-refractivity contribution in [3.8, 4) is 0 Å². The Morgan fingerprint density at radius 3 is 2.09 bits per heavy atom. The van der Waals surface area contributed by atoms with E-state index < -0.39 is 0 Å². The molecule has 0 aliphatic rings. The highest BCUT2D eigenvalue weighted by Crippen LogP contribution is 1.98. The molecule has 0 aromatic carbocycles. The second-order valence-electron chi connectivity index (χ2n) is 1.59. The van der Waals surface area contributed by atoms with E-state index in [4.69, 9.17) is 5.73 Å². The van der Waals surface area contributed by atoms with E-state index in [1.807, 2.05) is 13.8 Å². The van der Waals surface area contributed by atoms with Gasteiger partial charge >= 0.3 is 0 Å². The van der Waals surface area contributed by atoms with E-state index in [0.717, 1.165) is 0 Å². The van der Waals surface area contributed by atoms with Gasteiger partial charge in [0.05, 0.1) is 18.1 Å². The molecule has 0 unspecified atom stereocenters. The van der Waals surface area contributed by atoms with Crippen LogP contribution in [0.5, 0.6) is 0 Å². The van der Waals surface area contributed by atoms with E-state index in [-0.39, 0.29) is 0 Å². The largest absolute Gasteiger partial charge is 0.396 e. The molecule has 0 aliphatic carbocycles. The molecule has 62 valence electrons. The van der Waals surface area contributed by atoms with E-state index in [2.05, 4.69) is 15.3 Å². The van der Waals surface area contributed by atoms with Crippen LogP contribution in [-0.4, -0.2) is 17.0 Å². The van der Waals surface area contributed by atoms with E-state index in [0.29, 0.717) is 11.6 Å². The van der Waals surface area contributed by atoms with Gasteiger partial charge in [0.1, 0.15) is 0 Å². The minimum absolute atomic E-state index is 0.578. The third-order valence-electron chi connectivity index (χ3n) is 0.895. The summed E-state index contributed by atoms with van der Waals surface area (Å²) in [6.07, 6.45) is 3.11. The summed E-state index contributed by atoms with van der Waals surface area (Å²) in [5.74, 6) is 0.587. The zero-order valence-electron chi connectivity index (χ0n) is 7.13. The third-order valence-corrected chi connectivity index (χ3v) is 0.895. The van der Waals surface area contributed by atoms with Gasteiger partial charge in [-0.3, -0.25) is 0 Å². The van der Waals surface area contributed by atoms with Gasteiger partial charge in [0.25, 0.3) is 0 Å². The first-order valence-corrected chi connectivity index (χ1v) is 3.58. The Bertz CT molecular complexity index is 182. The number of anilines is 2. The van der Waals surface area contributed by atoms with E-state index >= 15 is 0 Å². The Hall–Kier alpha value is -1.32. The maximum Gasteiger partial charge on any atom is 0.222 e. The fraction of sp³-hybridized carbons (Fsp3) is 0.429. The second kappa shape index (κ2) is 5.46. The molecular formula is C7H14N4.